The minimum absolute atomic E-state index is 0.0901. The lowest BCUT2D eigenvalue weighted by molar-refractivity contribution is 0.602. The molecule has 0 amide bonds. The van der Waals surface area contributed by atoms with E-state index in [9.17, 15) is 8.42 Å². The zero-order valence-corrected chi connectivity index (χ0v) is 17.1. The van der Waals surface area contributed by atoms with Crippen molar-refractivity contribution in [3.8, 4) is 23.4 Å². The van der Waals surface area contributed by atoms with Crippen molar-refractivity contribution in [1.29, 1.82) is 0 Å². The van der Waals surface area contributed by atoms with Gasteiger partial charge in [-0.25, -0.2) is 28.4 Å². The fourth-order valence-electron chi connectivity index (χ4n) is 3.35. The largest absolute Gasteiger partial charge is 0.350 e. The molecule has 0 aliphatic carbocycles. The Labute approximate surface area is 178 Å². The van der Waals surface area contributed by atoms with E-state index in [4.69, 9.17) is 0 Å². The Kier molecular flexibility index (Phi) is 4.80. The van der Waals surface area contributed by atoms with E-state index >= 15 is 0 Å². The van der Waals surface area contributed by atoms with Crippen LogP contribution in [0.15, 0.2) is 48.9 Å². The summed E-state index contributed by atoms with van der Waals surface area (Å²) in [6, 6.07) is 9.06. The molecule has 31 heavy (non-hydrogen) atoms. The molecule has 1 saturated heterocycles. The number of aromatic amines is 1. The lowest BCUT2D eigenvalue weighted by Gasteiger charge is -2.10. The molecule has 0 unspecified atom stereocenters. The first-order valence-corrected chi connectivity index (χ1v) is 11.4. The van der Waals surface area contributed by atoms with E-state index in [0.717, 1.165) is 16.5 Å². The van der Waals surface area contributed by atoms with Gasteiger partial charge in [0, 0.05) is 29.4 Å². The number of benzene rings is 1. The van der Waals surface area contributed by atoms with Crippen LogP contribution in [0.2, 0.25) is 0 Å². The molecule has 0 radical (unpaired) electrons. The molecule has 4 heterocycles. The average molecular weight is 431 g/mol. The van der Waals surface area contributed by atoms with E-state index in [1.54, 1.807) is 30.7 Å². The van der Waals surface area contributed by atoms with Gasteiger partial charge in [0.25, 0.3) is 0 Å². The molecule has 1 aliphatic rings. The number of rotatable bonds is 3. The number of sulfone groups is 1. The van der Waals surface area contributed by atoms with Crippen LogP contribution in [-0.2, 0) is 9.84 Å². The Bertz CT molecular complexity index is 1440. The molecule has 1 aromatic carbocycles. The van der Waals surface area contributed by atoms with Crippen LogP contribution in [-0.4, -0.2) is 56.1 Å². The summed E-state index contributed by atoms with van der Waals surface area (Å²) in [5.41, 5.74) is 2.90. The Balaban J connectivity index is 1.37. The van der Waals surface area contributed by atoms with Crippen LogP contribution in [0.25, 0.3) is 22.4 Å². The SMILES string of the molecule is O=S1(=O)CC[C@H](Nc2nccc(-c3nccc(C#Cc4ccc5[nH]ncc5c4)n3)n2)C1. The maximum Gasteiger partial charge on any atom is 0.223 e. The van der Waals surface area contributed by atoms with Crippen LogP contribution in [0.3, 0.4) is 0 Å². The maximum atomic E-state index is 11.7. The molecule has 0 saturated carbocycles. The Morgan fingerprint density at radius 2 is 1.97 bits per heavy atom. The zero-order valence-electron chi connectivity index (χ0n) is 16.3. The number of nitrogens with zero attached hydrogens (tertiary/aromatic N) is 5. The molecule has 1 fully saturated rings. The number of anilines is 1. The third kappa shape index (κ3) is 4.36. The van der Waals surface area contributed by atoms with Gasteiger partial charge in [-0.2, -0.15) is 5.10 Å². The standard InChI is InChI=1S/C21H17N7O2S/c29-31(30)10-7-17(13-31)26-21-23-9-6-19(27-21)20-22-8-5-16(25-20)3-1-14-2-4-18-15(11-14)12-24-28-18/h2,4-6,8-9,11-12,17H,7,10,13H2,(H,24,28)(H,23,26,27)/t17-/m0/s1. The van der Waals surface area contributed by atoms with Crippen LogP contribution in [0, 0.1) is 11.8 Å². The second-order valence-corrected chi connectivity index (χ2v) is 9.43. The van der Waals surface area contributed by atoms with E-state index in [1.807, 2.05) is 18.2 Å². The molecule has 154 valence electrons. The van der Waals surface area contributed by atoms with Crippen molar-refractivity contribution in [2.45, 2.75) is 12.5 Å². The molecule has 10 heteroatoms. The van der Waals surface area contributed by atoms with Crippen LogP contribution in [0.5, 0.6) is 0 Å². The number of aromatic nitrogens is 6. The first kappa shape index (κ1) is 19.1. The van der Waals surface area contributed by atoms with Gasteiger partial charge in [-0.15, -0.1) is 0 Å². The maximum absolute atomic E-state index is 11.7. The highest BCUT2D eigenvalue weighted by Gasteiger charge is 2.28. The second kappa shape index (κ2) is 7.77. The Morgan fingerprint density at radius 1 is 1.06 bits per heavy atom. The fourth-order valence-corrected chi connectivity index (χ4v) is 5.03. The van der Waals surface area contributed by atoms with Gasteiger partial charge >= 0.3 is 0 Å². The van der Waals surface area contributed by atoms with Crippen molar-refractivity contribution < 1.29 is 8.42 Å². The van der Waals surface area contributed by atoms with Gasteiger partial charge < -0.3 is 5.32 Å². The summed E-state index contributed by atoms with van der Waals surface area (Å²) in [5, 5.41) is 11.0. The van der Waals surface area contributed by atoms with Crippen molar-refractivity contribution >= 4 is 26.7 Å². The molecule has 4 aromatic rings. The second-order valence-electron chi connectivity index (χ2n) is 7.20. The third-order valence-electron chi connectivity index (χ3n) is 4.88. The van der Waals surface area contributed by atoms with Crippen molar-refractivity contribution in [1.82, 2.24) is 30.1 Å². The zero-order chi connectivity index (χ0) is 21.3. The predicted octanol–water partition coefficient (Wildman–Crippen LogP) is 1.81. The van der Waals surface area contributed by atoms with Crippen LogP contribution in [0.4, 0.5) is 5.95 Å². The highest BCUT2D eigenvalue weighted by atomic mass is 32.2. The Morgan fingerprint density at radius 3 is 2.84 bits per heavy atom. The summed E-state index contributed by atoms with van der Waals surface area (Å²) < 4.78 is 23.3. The quantitative estimate of drug-likeness (QED) is 0.470. The molecule has 0 bridgehead atoms. The molecular formula is C21H17N7O2S. The van der Waals surface area contributed by atoms with Crippen LogP contribution in [0.1, 0.15) is 17.7 Å². The summed E-state index contributed by atoms with van der Waals surface area (Å²) in [7, 11) is -2.98. The van der Waals surface area contributed by atoms with Crippen LogP contribution < -0.4 is 5.32 Å². The van der Waals surface area contributed by atoms with Gasteiger partial charge in [-0.05, 0) is 42.7 Å². The number of nitrogens with one attached hydrogen (secondary N) is 2. The molecular weight excluding hydrogens is 414 g/mol. The minimum atomic E-state index is -2.98. The predicted molar refractivity (Wildman–Crippen MR) is 116 cm³/mol. The van der Waals surface area contributed by atoms with Crippen molar-refractivity contribution in [2.75, 3.05) is 16.8 Å². The first-order valence-electron chi connectivity index (χ1n) is 9.63. The molecule has 0 spiro atoms. The fraction of sp³-hybridized carbons (Fsp3) is 0.190. The Hall–Kier alpha value is -3.84. The van der Waals surface area contributed by atoms with E-state index in [0.29, 0.717) is 29.6 Å². The molecule has 9 nitrogen and oxygen atoms in total. The number of fused-ring (bicyclic) bond motifs is 1. The highest BCUT2D eigenvalue weighted by Crippen LogP contribution is 2.18. The van der Waals surface area contributed by atoms with Gasteiger partial charge in [0.15, 0.2) is 15.7 Å². The van der Waals surface area contributed by atoms with Gasteiger partial charge in [-0.3, -0.25) is 5.10 Å². The average Bonchev–Trinajstić information content (AvgIpc) is 3.38. The molecule has 2 N–H and O–H groups in total. The van der Waals surface area contributed by atoms with E-state index in [1.165, 1.54) is 0 Å². The van der Waals surface area contributed by atoms with Gasteiger partial charge in [0.1, 0.15) is 11.4 Å². The number of H-pyrrole nitrogens is 1. The van der Waals surface area contributed by atoms with Gasteiger partial charge in [0.2, 0.25) is 5.95 Å². The molecule has 5 rings (SSSR count). The van der Waals surface area contributed by atoms with Gasteiger partial charge in [0.05, 0.1) is 23.2 Å². The summed E-state index contributed by atoms with van der Waals surface area (Å²) in [4.78, 5) is 17.4. The topological polar surface area (TPSA) is 126 Å². The monoisotopic (exact) mass is 431 g/mol. The normalized spacial score (nSPS) is 17.2. The summed E-state index contributed by atoms with van der Waals surface area (Å²) in [6.07, 6.45) is 5.52. The summed E-state index contributed by atoms with van der Waals surface area (Å²) in [6.45, 7) is 0. The van der Waals surface area contributed by atoms with E-state index in [2.05, 4.69) is 47.3 Å². The molecule has 1 aliphatic heterocycles. The van der Waals surface area contributed by atoms with E-state index < -0.39 is 9.84 Å². The summed E-state index contributed by atoms with van der Waals surface area (Å²) >= 11 is 0. The van der Waals surface area contributed by atoms with Crippen molar-refractivity contribution in [3.05, 3.63) is 60.2 Å². The number of hydrogen-bond acceptors (Lipinski definition) is 8. The molecule has 1 atom stereocenters. The van der Waals surface area contributed by atoms with Crippen LogP contribution >= 0.6 is 0 Å². The lowest BCUT2D eigenvalue weighted by Crippen LogP contribution is -2.22. The van der Waals surface area contributed by atoms with Crippen molar-refractivity contribution in [2.24, 2.45) is 0 Å². The first-order chi connectivity index (χ1) is 15.0. The summed E-state index contributed by atoms with van der Waals surface area (Å²) in [5.74, 6) is 7.20. The minimum Gasteiger partial charge on any atom is -0.350 e. The third-order valence-corrected chi connectivity index (χ3v) is 6.65. The van der Waals surface area contributed by atoms with Crippen molar-refractivity contribution in [3.63, 3.8) is 0 Å². The smallest absolute Gasteiger partial charge is 0.223 e. The van der Waals surface area contributed by atoms with Gasteiger partial charge in [-0.1, -0.05) is 5.92 Å². The lowest BCUT2D eigenvalue weighted by atomic mass is 10.1. The van der Waals surface area contributed by atoms with E-state index in [-0.39, 0.29) is 17.5 Å². The number of hydrogen-bond donors (Lipinski definition) is 2. The highest BCUT2D eigenvalue weighted by molar-refractivity contribution is 7.91. The molecule has 3 aromatic heterocycles.